The van der Waals surface area contributed by atoms with Crippen LogP contribution in [0.4, 0.5) is 0 Å². The van der Waals surface area contributed by atoms with Crippen LogP contribution in [0.2, 0.25) is 0 Å². The van der Waals surface area contributed by atoms with Gasteiger partial charge in [-0.05, 0) is 37.7 Å². The minimum atomic E-state index is -5.16. The number of sulfonamides is 2. The van der Waals surface area contributed by atoms with Gasteiger partial charge in [-0.2, -0.15) is 0 Å². The van der Waals surface area contributed by atoms with Crippen molar-refractivity contribution in [2.24, 2.45) is 0 Å². The predicted molar refractivity (Wildman–Crippen MR) is 86.1 cm³/mol. The molecule has 2 aromatic carbocycles. The molecule has 0 aliphatic carbocycles. The highest BCUT2D eigenvalue weighted by Crippen LogP contribution is 2.35. The summed E-state index contributed by atoms with van der Waals surface area (Å²) in [6.45, 7) is 0. The summed E-state index contributed by atoms with van der Waals surface area (Å²) in [6.07, 6.45) is 0. The number of hydrogen-bond donors (Lipinski definition) is 3. The molecular formula is C12H13N2O8S3-. The average molecular weight is 409 g/mol. The van der Waals surface area contributed by atoms with Crippen molar-refractivity contribution in [2.45, 2.75) is 14.7 Å². The number of aromatic hydroxyl groups is 1. The van der Waals surface area contributed by atoms with Crippen LogP contribution in [0.25, 0.3) is 10.8 Å². The van der Waals surface area contributed by atoms with Crippen molar-refractivity contribution in [3.05, 3.63) is 24.3 Å². The van der Waals surface area contributed by atoms with E-state index in [1.807, 2.05) is 9.44 Å². The fraction of sp³-hybridized carbons (Fsp3) is 0.167. The van der Waals surface area contributed by atoms with E-state index in [4.69, 9.17) is 0 Å². The SMILES string of the molecule is CNS(=O)(=O)c1cc(O)c2c(S(=O)(=O)[O-])cc(S(=O)(=O)NC)cc2c1. The number of fused-ring (bicyclic) bond motifs is 1. The molecule has 0 saturated heterocycles. The van der Waals surface area contributed by atoms with Gasteiger partial charge < -0.3 is 9.66 Å². The van der Waals surface area contributed by atoms with E-state index in [0.717, 1.165) is 32.3 Å². The van der Waals surface area contributed by atoms with Gasteiger partial charge in [0, 0.05) is 11.5 Å². The van der Waals surface area contributed by atoms with E-state index in [1.54, 1.807) is 0 Å². The molecule has 138 valence electrons. The Balaban J connectivity index is 3.07. The normalized spacial score (nSPS) is 13.2. The predicted octanol–water partition coefficient (Wildman–Crippen LogP) is -0.734. The highest BCUT2D eigenvalue weighted by Gasteiger charge is 2.22. The molecule has 0 heterocycles. The van der Waals surface area contributed by atoms with E-state index in [-0.39, 0.29) is 5.39 Å². The van der Waals surface area contributed by atoms with Gasteiger partial charge in [0.2, 0.25) is 20.0 Å². The molecule has 0 saturated carbocycles. The van der Waals surface area contributed by atoms with Gasteiger partial charge in [-0.3, -0.25) is 0 Å². The van der Waals surface area contributed by atoms with Crippen molar-refractivity contribution in [3.8, 4) is 5.75 Å². The molecule has 0 atom stereocenters. The quantitative estimate of drug-likeness (QED) is 0.542. The maximum atomic E-state index is 11.9. The minimum Gasteiger partial charge on any atom is -0.744 e. The van der Waals surface area contributed by atoms with Gasteiger partial charge in [-0.25, -0.2) is 34.7 Å². The van der Waals surface area contributed by atoms with E-state index in [9.17, 15) is 34.9 Å². The Bertz CT molecular complexity index is 1160. The zero-order chi connectivity index (χ0) is 19.2. The highest BCUT2D eigenvalue weighted by molar-refractivity contribution is 7.90. The first-order chi connectivity index (χ1) is 11.3. The van der Waals surface area contributed by atoms with Gasteiger partial charge >= 0.3 is 0 Å². The number of phenols is 1. The lowest BCUT2D eigenvalue weighted by Crippen LogP contribution is -2.20. The van der Waals surface area contributed by atoms with E-state index < -0.39 is 56.0 Å². The van der Waals surface area contributed by atoms with Crippen LogP contribution in [0.1, 0.15) is 0 Å². The number of benzene rings is 2. The Morgan fingerprint density at radius 3 is 1.68 bits per heavy atom. The van der Waals surface area contributed by atoms with Crippen LogP contribution in [0, 0.1) is 0 Å². The Hall–Kier alpha value is -1.77. The largest absolute Gasteiger partial charge is 0.744 e. The molecule has 2 rings (SSSR count). The molecule has 0 radical (unpaired) electrons. The molecule has 0 fully saturated rings. The monoisotopic (exact) mass is 409 g/mol. The molecular weight excluding hydrogens is 396 g/mol. The van der Waals surface area contributed by atoms with Crippen LogP contribution in [0.5, 0.6) is 5.75 Å². The smallest absolute Gasteiger partial charge is 0.240 e. The van der Waals surface area contributed by atoms with Crippen LogP contribution >= 0.6 is 0 Å². The summed E-state index contributed by atoms with van der Waals surface area (Å²) in [7, 11) is -11.1. The summed E-state index contributed by atoms with van der Waals surface area (Å²) in [6, 6.07) is 3.26. The van der Waals surface area contributed by atoms with Gasteiger partial charge in [0.05, 0.1) is 14.7 Å². The molecule has 0 aromatic heterocycles. The summed E-state index contributed by atoms with van der Waals surface area (Å²) >= 11 is 0. The highest BCUT2D eigenvalue weighted by atomic mass is 32.2. The van der Waals surface area contributed by atoms with Crippen molar-refractivity contribution < 1.29 is 34.9 Å². The molecule has 3 N–H and O–H groups in total. The van der Waals surface area contributed by atoms with Crippen molar-refractivity contribution in [2.75, 3.05) is 14.1 Å². The second-order valence-electron chi connectivity index (χ2n) is 4.83. The van der Waals surface area contributed by atoms with Gasteiger partial charge in [0.25, 0.3) is 0 Å². The van der Waals surface area contributed by atoms with Crippen LogP contribution < -0.4 is 9.44 Å². The Morgan fingerprint density at radius 2 is 1.28 bits per heavy atom. The molecule has 13 heteroatoms. The number of hydrogen-bond acceptors (Lipinski definition) is 8. The zero-order valence-corrected chi connectivity index (χ0v) is 15.3. The second-order valence-corrected chi connectivity index (χ2v) is 9.95. The Morgan fingerprint density at radius 1 is 0.840 bits per heavy atom. The molecule has 0 spiro atoms. The second kappa shape index (κ2) is 6.19. The first kappa shape index (κ1) is 19.6. The first-order valence-electron chi connectivity index (χ1n) is 6.47. The summed E-state index contributed by atoms with van der Waals surface area (Å²) in [4.78, 5) is -1.99. The lowest BCUT2D eigenvalue weighted by Gasteiger charge is -2.15. The van der Waals surface area contributed by atoms with Crippen molar-refractivity contribution >= 4 is 40.9 Å². The fourth-order valence-electron chi connectivity index (χ4n) is 2.14. The lowest BCUT2D eigenvalue weighted by molar-refractivity contribution is 0.460. The number of phenolic OH excluding ortho intramolecular Hbond substituents is 1. The molecule has 2 aromatic rings. The van der Waals surface area contributed by atoms with E-state index in [0.29, 0.717) is 6.07 Å². The summed E-state index contributed by atoms with van der Waals surface area (Å²) in [5, 5.41) is 9.32. The van der Waals surface area contributed by atoms with Gasteiger partial charge in [-0.1, -0.05) is 0 Å². The zero-order valence-electron chi connectivity index (χ0n) is 12.8. The molecule has 0 unspecified atom stereocenters. The maximum absolute atomic E-state index is 11.9. The molecule has 0 amide bonds. The third-order valence-corrected chi connectivity index (χ3v) is 7.01. The molecule has 0 bridgehead atoms. The molecule has 0 aliphatic rings. The summed E-state index contributed by atoms with van der Waals surface area (Å²) in [5.74, 6) is -0.797. The molecule has 10 nitrogen and oxygen atoms in total. The third kappa shape index (κ3) is 3.61. The van der Waals surface area contributed by atoms with Crippen molar-refractivity contribution in [1.29, 1.82) is 0 Å². The maximum Gasteiger partial charge on any atom is 0.240 e. The fourth-order valence-corrected chi connectivity index (χ4v) is 4.54. The van der Waals surface area contributed by atoms with Crippen LogP contribution in [-0.4, -0.2) is 49.0 Å². The van der Waals surface area contributed by atoms with Crippen molar-refractivity contribution in [1.82, 2.24) is 9.44 Å². The first-order valence-corrected chi connectivity index (χ1v) is 10.8. The molecule has 0 aliphatic heterocycles. The average Bonchev–Trinajstić information content (AvgIpc) is 2.52. The Kier molecular flexibility index (Phi) is 4.84. The van der Waals surface area contributed by atoms with Gasteiger partial charge in [0.15, 0.2) is 0 Å². The van der Waals surface area contributed by atoms with Gasteiger partial charge in [-0.15, -0.1) is 0 Å². The van der Waals surface area contributed by atoms with Gasteiger partial charge in [0.1, 0.15) is 15.9 Å². The summed E-state index contributed by atoms with van der Waals surface area (Å²) < 4.78 is 86.1. The van der Waals surface area contributed by atoms with E-state index in [1.165, 1.54) is 0 Å². The summed E-state index contributed by atoms with van der Waals surface area (Å²) in [5.41, 5.74) is 0. The van der Waals surface area contributed by atoms with E-state index in [2.05, 4.69) is 0 Å². The topological polar surface area (TPSA) is 170 Å². The lowest BCUT2D eigenvalue weighted by atomic mass is 10.1. The standard InChI is InChI=1S/C12H14N2O8S3/c1-13-23(16,17)8-3-7-4-9(24(18,19)14-2)6-11(25(20,21)22)12(7)10(15)5-8/h3-6,13-15H,1-2H3,(H,20,21,22)/p-1. The van der Waals surface area contributed by atoms with Crippen LogP contribution in [0.15, 0.2) is 39.0 Å². The number of rotatable bonds is 5. The van der Waals surface area contributed by atoms with Crippen molar-refractivity contribution in [3.63, 3.8) is 0 Å². The molecule has 25 heavy (non-hydrogen) atoms. The van der Waals surface area contributed by atoms with E-state index >= 15 is 0 Å². The third-order valence-electron chi connectivity index (χ3n) is 3.37. The number of nitrogens with one attached hydrogen (secondary N) is 2. The Labute approximate surface area is 144 Å². The minimum absolute atomic E-state index is 0.250. The van der Waals surface area contributed by atoms with Crippen LogP contribution in [0.3, 0.4) is 0 Å². The van der Waals surface area contributed by atoms with Crippen LogP contribution in [-0.2, 0) is 30.2 Å².